The minimum atomic E-state index is 0.345. The Hall–Kier alpha value is -0.720. The first-order chi connectivity index (χ1) is 6.40. The number of rotatable bonds is 2. The van der Waals surface area contributed by atoms with E-state index in [-0.39, 0.29) is 0 Å². The smallest absolute Gasteiger partial charge is 0.120 e. The van der Waals surface area contributed by atoms with Crippen molar-refractivity contribution in [1.82, 2.24) is 0 Å². The summed E-state index contributed by atoms with van der Waals surface area (Å²) in [7, 11) is 0. The summed E-state index contributed by atoms with van der Waals surface area (Å²) in [5, 5.41) is 0. The summed E-state index contributed by atoms with van der Waals surface area (Å²) in [5.74, 6) is 3.54. The van der Waals surface area contributed by atoms with Gasteiger partial charge in [0.15, 0.2) is 0 Å². The van der Waals surface area contributed by atoms with Gasteiger partial charge in [0.1, 0.15) is 6.10 Å². The van der Waals surface area contributed by atoms with Gasteiger partial charge in [-0.05, 0) is 43.1 Å². The standard InChI is InChI=1S/C12H16O/c1-2-13-11-6-5-10-8-3-4-9(7-8)12(10)11/h2,5-6,8-12H,1,3-4,7H2/t8-,9+,10-,11-,12+/m1/s1. The first-order valence-corrected chi connectivity index (χ1v) is 5.35. The van der Waals surface area contributed by atoms with Crippen molar-refractivity contribution in [3.8, 4) is 0 Å². The molecule has 13 heavy (non-hydrogen) atoms. The molecule has 3 aliphatic carbocycles. The number of ether oxygens (including phenoxy) is 1. The lowest BCUT2D eigenvalue weighted by atomic mass is 9.80. The summed E-state index contributed by atoms with van der Waals surface area (Å²) >= 11 is 0. The third kappa shape index (κ3) is 0.932. The van der Waals surface area contributed by atoms with Crippen LogP contribution in [0.4, 0.5) is 0 Å². The Morgan fingerprint density at radius 1 is 1.23 bits per heavy atom. The van der Waals surface area contributed by atoms with Crippen LogP contribution in [0.1, 0.15) is 19.3 Å². The van der Waals surface area contributed by atoms with Gasteiger partial charge in [-0.15, -0.1) is 0 Å². The first kappa shape index (κ1) is 7.66. The molecule has 0 aromatic rings. The van der Waals surface area contributed by atoms with Crippen LogP contribution in [0.5, 0.6) is 0 Å². The predicted molar refractivity (Wildman–Crippen MR) is 52.0 cm³/mol. The molecule has 0 unspecified atom stereocenters. The van der Waals surface area contributed by atoms with E-state index in [1.165, 1.54) is 19.3 Å². The van der Waals surface area contributed by atoms with Gasteiger partial charge in [0.2, 0.25) is 0 Å². The fraction of sp³-hybridized carbons (Fsp3) is 0.667. The quantitative estimate of drug-likeness (QED) is 0.464. The molecular formula is C12H16O. The molecule has 0 amide bonds. The van der Waals surface area contributed by atoms with Crippen molar-refractivity contribution < 1.29 is 4.74 Å². The maximum Gasteiger partial charge on any atom is 0.120 e. The number of fused-ring (bicyclic) bond motifs is 5. The Labute approximate surface area is 79.5 Å². The van der Waals surface area contributed by atoms with Gasteiger partial charge in [-0.1, -0.05) is 12.7 Å². The third-order valence-electron chi connectivity index (χ3n) is 4.20. The van der Waals surface area contributed by atoms with Crippen molar-refractivity contribution in [3.63, 3.8) is 0 Å². The Bertz CT molecular complexity index is 256. The molecule has 0 saturated heterocycles. The van der Waals surface area contributed by atoms with Crippen LogP contribution in [0.15, 0.2) is 25.0 Å². The van der Waals surface area contributed by atoms with Crippen LogP contribution in [0.25, 0.3) is 0 Å². The minimum Gasteiger partial charge on any atom is -0.494 e. The lowest BCUT2D eigenvalue weighted by molar-refractivity contribution is 0.0882. The number of allylic oxidation sites excluding steroid dienone is 1. The first-order valence-electron chi connectivity index (χ1n) is 5.35. The van der Waals surface area contributed by atoms with E-state index in [1.807, 2.05) is 0 Å². The van der Waals surface area contributed by atoms with Crippen LogP contribution in [-0.4, -0.2) is 6.10 Å². The summed E-state index contributed by atoms with van der Waals surface area (Å²) in [6, 6.07) is 0. The second-order valence-electron chi connectivity index (χ2n) is 4.64. The Morgan fingerprint density at radius 2 is 2.08 bits per heavy atom. The molecule has 2 saturated carbocycles. The number of hydrogen-bond donors (Lipinski definition) is 0. The Balaban J connectivity index is 1.83. The van der Waals surface area contributed by atoms with Gasteiger partial charge in [-0.2, -0.15) is 0 Å². The van der Waals surface area contributed by atoms with E-state index in [0.717, 1.165) is 23.7 Å². The fourth-order valence-electron chi connectivity index (χ4n) is 3.77. The van der Waals surface area contributed by atoms with E-state index in [2.05, 4.69) is 18.7 Å². The van der Waals surface area contributed by atoms with E-state index in [4.69, 9.17) is 4.74 Å². The summed E-state index contributed by atoms with van der Waals surface area (Å²) in [4.78, 5) is 0. The summed E-state index contributed by atoms with van der Waals surface area (Å²) in [6.07, 6.45) is 10.9. The second-order valence-corrected chi connectivity index (χ2v) is 4.64. The monoisotopic (exact) mass is 176 g/mol. The van der Waals surface area contributed by atoms with Crippen molar-refractivity contribution in [2.75, 3.05) is 0 Å². The number of hydrogen-bond acceptors (Lipinski definition) is 1. The average Bonchev–Trinajstić information content (AvgIpc) is 2.74. The van der Waals surface area contributed by atoms with E-state index >= 15 is 0 Å². The Morgan fingerprint density at radius 3 is 2.92 bits per heavy atom. The normalized spacial score (nSPS) is 50.9. The second kappa shape index (κ2) is 2.63. The van der Waals surface area contributed by atoms with Gasteiger partial charge in [-0.3, -0.25) is 0 Å². The van der Waals surface area contributed by atoms with Crippen molar-refractivity contribution in [2.45, 2.75) is 25.4 Å². The lowest BCUT2D eigenvalue weighted by Gasteiger charge is -2.28. The molecule has 2 fully saturated rings. The maximum absolute atomic E-state index is 5.55. The van der Waals surface area contributed by atoms with Crippen LogP contribution in [0.3, 0.4) is 0 Å². The third-order valence-corrected chi connectivity index (χ3v) is 4.20. The van der Waals surface area contributed by atoms with Gasteiger partial charge >= 0.3 is 0 Å². The highest BCUT2D eigenvalue weighted by atomic mass is 16.5. The van der Waals surface area contributed by atoms with E-state index in [1.54, 1.807) is 6.26 Å². The molecule has 5 atom stereocenters. The van der Waals surface area contributed by atoms with E-state index in [9.17, 15) is 0 Å². The predicted octanol–water partition coefficient (Wildman–Crippen LogP) is 2.75. The van der Waals surface area contributed by atoms with Crippen LogP contribution < -0.4 is 0 Å². The van der Waals surface area contributed by atoms with E-state index < -0.39 is 0 Å². The van der Waals surface area contributed by atoms with Crippen molar-refractivity contribution in [3.05, 3.63) is 25.0 Å². The van der Waals surface area contributed by atoms with Gasteiger partial charge in [0.05, 0.1) is 6.26 Å². The van der Waals surface area contributed by atoms with Gasteiger partial charge in [0.25, 0.3) is 0 Å². The Kier molecular flexibility index (Phi) is 1.55. The molecule has 0 N–H and O–H groups in total. The van der Waals surface area contributed by atoms with E-state index in [0.29, 0.717) is 6.10 Å². The highest BCUT2D eigenvalue weighted by Crippen LogP contribution is 2.56. The van der Waals surface area contributed by atoms with Gasteiger partial charge in [-0.25, -0.2) is 0 Å². The highest BCUT2D eigenvalue weighted by Gasteiger charge is 2.51. The lowest BCUT2D eigenvalue weighted by Crippen LogP contribution is -2.27. The molecule has 0 aliphatic heterocycles. The van der Waals surface area contributed by atoms with Crippen LogP contribution in [-0.2, 0) is 4.74 Å². The van der Waals surface area contributed by atoms with Gasteiger partial charge < -0.3 is 4.74 Å². The SMILES string of the molecule is C=CO[C@@H]1C=C[C@@H]2[C@@H]3CC[C@@H](C3)[C@@H]21. The zero-order valence-corrected chi connectivity index (χ0v) is 7.86. The largest absolute Gasteiger partial charge is 0.494 e. The summed E-state index contributed by atoms with van der Waals surface area (Å²) < 4.78 is 5.55. The van der Waals surface area contributed by atoms with Gasteiger partial charge in [0, 0.05) is 5.92 Å². The molecule has 70 valence electrons. The maximum atomic E-state index is 5.55. The molecule has 1 nitrogen and oxygen atoms in total. The molecule has 3 aliphatic rings. The molecule has 3 rings (SSSR count). The molecule has 0 aromatic carbocycles. The molecule has 0 spiro atoms. The molecule has 1 heteroatoms. The fourth-order valence-corrected chi connectivity index (χ4v) is 3.77. The molecular weight excluding hydrogens is 160 g/mol. The van der Waals surface area contributed by atoms with Crippen LogP contribution >= 0.6 is 0 Å². The molecule has 0 radical (unpaired) electrons. The summed E-state index contributed by atoms with van der Waals surface area (Å²) in [6.45, 7) is 3.64. The van der Waals surface area contributed by atoms with Crippen molar-refractivity contribution >= 4 is 0 Å². The zero-order chi connectivity index (χ0) is 8.84. The molecule has 2 bridgehead atoms. The van der Waals surface area contributed by atoms with Crippen LogP contribution in [0, 0.1) is 23.7 Å². The average molecular weight is 176 g/mol. The zero-order valence-electron chi connectivity index (χ0n) is 7.86. The topological polar surface area (TPSA) is 9.23 Å². The minimum absolute atomic E-state index is 0.345. The van der Waals surface area contributed by atoms with Crippen molar-refractivity contribution in [2.24, 2.45) is 23.7 Å². The highest BCUT2D eigenvalue weighted by molar-refractivity contribution is 5.17. The molecule has 0 heterocycles. The summed E-state index contributed by atoms with van der Waals surface area (Å²) in [5.41, 5.74) is 0. The van der Waals surface area contributed by atoms with Crippen LogP contribution in [0.2, 0.25) is 0 Å². The van der Waals surface area contributed by atoms with Crippen molar-refractivity contribution in [1.29, 1.82) is 0 Å². The molecule has 0 aromatic heterocycles.